The zero-order valence-electron chi connectivity index (χ0n) is 26.7. The van der Waals surface area contributed by atoms with Crippen molar-refractivity contribution in [2.75, 3.05) is 0 Å². The van der Waals surface area contributed by atoms with E-state index in [1.54, 1.807) is 0 Å². The van der Waals surface area contributed by atoms with Crippen LogP contribution in [0.4, 0.5) is 0 Å². The maximum Gasteiger partial charge on any atom is 0.0547 e. The van der Waals surface area contributed by atoms with Gasteiger partial charge in [-0.3, -0.25) is 0 Å². The maximum absolute atomic E-state index is 3.21. The Kier molecular flexibility index (Phi) is 4.90. The van der Waals surface area contributed by atoms with Crippen molar-refractivity contribution >= 4 is 48.9 Å². The normalized spacial score (nSPS) is 14.9. The highest BCUT2D eigenvalue weighted by Crippen LogP contribution is 2.51. The first-order valence-electron chi connectivity index (χ1n) is 16.8. The highest BCUT2D eigenvalue weighted by molar-refractivity contribution is 6.19. The number of hydrogen-bond acceptors (Lipinski definition) is 0. The third kappa shape index (κ3) is 3.27. The number of benzene rings is 7. The maximum atomic E-state index is 3.21. The zero-order valence-corrected chi connectivity index (χ0v) is 26.7. The number of rotatable bonds is 2. The minimum Gasteiger partial charge on any atom is -0.309 e. The zero-order chi connectivity index (χ0) is 31.7. The number of hydrogen-bond donors (Lipinski definition) is 0. The average molecular weight is 608 g/mol. The lowest BCUT2D eigenvalue weighted by Gasteiger charge is -2.23. The Morgan fingerprint density at radius 3 is 2.04 bits per heavy atom. The summed E-state index contributed by atoms with van der Waals surface area (Å²) in [6.07, 6.45) is 4.22. The predicted octanol–water partition coefficient (Wildman–Crippen LogP) is 12.3. The molecule has 1 heterocycles. The van der Waals surface area contributed by atoms with Crippen LogP contribution in [0.2, 0.25) is 0 Å². The fourth-order valence-electron chi connectivity index (χ4n) is 8.90. The topological polar surface area (TPSA) is 4.93 Å². The van der Waals surface area contributed by atoms with Crippen molar-refractivity contribution in [3.05, 3.63) is 168 Å². The van der Waals surface area contributed by atoms with Crippen LogP contribution in [-0.4, -0.2) is 4.57 Å². The predicted molar refractivity (Wildman–Crippen MR) is 202 cm³/mol. The highest BCUT2D eigenvalue weighted by Gasteiger charge is 2.36. The number of para-hydroxylation sites is 1. The molecule has 0 aliphatic heterocycles. The minimum atomic E-state index is -0.0654. The molecule has 0 bridgehead atoms. The molecular weight excluding hydrogens is 579 g/mol. The molecule has 3 aliphatic rings. The van der Waals surface area contributed by atoms with Gasteiger partial charge in [0.2, 0.25) is 0 Å². The van der Waals surface area contributed by atoms with E-state index < -0.39 is 0 Å². The second kappa shape index (κ2) is 9.03. The summed E-state index contributed by atoms with van der Waals surface area (Å²) in [5.74, 6) is 0. The summed E-state index contributed by atoms with van der Waals surface area (Å²) < 4.78 is 2.44. The van der Waals surface area contributed by atoms with Gasteiger partial charge in [-0.25, -0.2) is 0 Å². The minimum absolute atomic E-state index is 0.0654. The first kappa shape index (κ1) is 26.0. The van der Waals surface area contributed by atoms with E-state index >= 15 is 0 Å². The quantitative estimate of drug-likeness (QED) is 0.172. The van der Waals surface area contributed by atoms with Crippen molar-refractivity contribution in [1.82, 2.24) is 4.57 Å². The number of nitrogens with zero attached hydrogens (tertiary/aromatic N) is 1. The van der Waals surface area contributed by atoms with Crippen molar-refractivity contribution in [2.45, 2.75) is 19.3 Å². The Bertz CT molecular complexity index is 2880. The van der Waals surface area contributed by atoms with Gasteiger partial charge < -0.3 is 4.57 Å². The molecular formula is C47H29N. The average Bonchev–Trinajstić information content (AvgIpc) is 3.71. The number of allylic oxidation sites excluding steroid dienone is 4. The molecule has 11 rings (SSSR count). The summed E-state index contributed by atoms with van der Waals surface area (Å²) in [4.78, 5) is 0. The van der Waals surface area contributed by atoms with E-state index in [1.165, 1.54) is 105 Å². The van der Waals surface area contributed by atoms with Crippen molar-refractivity contribution in [1.29, 1.82) is 0 Å². The Morgan fingerprint density at radius 1 is 0.500 bits per heavy atom. The summed E-state index contributed by atoms with van der Waals surface area (Å²) >= 11 is 0. The van der Waals surface area contributed by atoms with Crippen LogP contribution in [0.25, 0.3) is 88.0 Å². The van der Waals surface area contributed by atoms with E-state index in [0.29, 0.717) is 0 Å². The molecule has 0 saturated heterocycles. The molecule has 0 spiro atoms. The summed E-state index contributed by atoms with van der Waals surface area (Å²) in [7, 11) is 0. The van der Waals surface area contributed by atoms with Crippen molar-refractivity contribution in [3.8, 4) is 39.1 Å². The molecule has 222 valence electrons. The smallest absolute Gasteiger partial charge is 0.0547 e. The fourth-order valence-corrected chi connectivity index (χ4v) is 8.90. The van der Waals surface area contributed by atoms with Crippen LogP contribution in [0.3, 0.4) is 0 Å². The third-order valence-corrected chi connectivity index (χ3v) is 11.2. The Balaban J connectivity index is 1.09. The largest absolute Gasteiger partial charge is 0.309 e. The number of aromatic nitrogens is 1. The lowest BCUT2D eigenvalue weighted by molar-refractivity contribution is 0.655. The lowest BCUT2D eigenvalue weighted by Crippen LogP contribution is -2.16. The van der Waals surface area contributed by atoms with E-state index in [4.69, 9.17) is 0 Å². The van der Waals surface area contributed by atoms with Gasteiger partial charge in [0.15, 0.2) is 0 Å². The Labute approximate surface area is 278 Å². The Hall–Kier alpha value is -6.10. The first-order chi connectivity index (χ1) is 23.6. The summed E-state index contributed by atoms with van der Waals surface area (Å²) in [6, 6.07) is 47.7. The van der Waals surface area contributed by atoms with Gasteiger partial charge >= 0.3 is 0 Å². The van der Waals surface area contributed by atoms with Gasteiger partial charge in [-0.15, -0.1) is 0 Å². The molecule has 0 fully saturated rings. The van der Waals surface area contributed by atoms with Gasteiger partial charge in [0.1, 0.15) is 0 Å². The SMILES string of the molecule is CC1(C)C2=C(C=C=C=C2)c2cc3cc4c(cc3cc21)c1ccccc1n4-c1ccc(-c2ccc3c4c(cccc24)-c2ccccc2-3)cc1. The Morgan fingerprint density at radius 2 is 1.19 bits per heavy atom. The van der Waals surface area contributed by atoms with Gasteiger partial charge in [-0.05, 0) is 132 Å². The second-order valence-electron chi connectivity index (χ2n) is 14.0. The molecule has 0 radical (unpaired) electrons. The van der Waals surface area contributed by atoms with Gasteiger partial charge in [-0.2, -0.15) is 0 Å². The first-order valence-corrected chi connectivity index (χ1v) is 16.8. The molecule has 0 unspecified atom stereocenters. The third-order valence-electron chi connectivity index (χ3n) is 11.2. The molecule has 48 heavy (non-hydrogen) atoms. The summed E-state index contributed by atoms with van der Waals surface area (Å²) in [6.45, 7) is 4.65. The van der Waals surface area contributed by atoms with Crippen LogP contribution in [-0.2, 0) is 5.41 Å². The molecule has 3 aliphatic carbocycles. The molecule has 0 saturated carbocycles. The lowest BCUT2D eigenvalue weighted by atomic mass is 9.80. The van der Waals surface area contributed by atoms with Crippen LogP contribution in [0, 0.1) is 0 Å². The van der Waals surface area contributed by atoms with Crippen LogP contribution >= 0.6 is 0 Å². The monoisotopic (exact) mass is 607 g/mol. The van der Waals surface area contributed by atoms with E-state index in [0.717, 1.165) is 0 Å². The number of fused-ring (bicyclic) bond motifs is 9. The van der Waals surface area contributed by atoms with Crippen molar-refractivity contribution in [3.63, 3.8) is 0 Å². The van der Waals surface area contributed by atoms with Crippen LogP contribution in [0.15, 0.2) is 157 Å². The molecule has 1 heteroatoms. The van der Waals surface area contributed by atoms with E-state index in [9.17, 15) is 0 Å². The molecule has 0 N–H and O–H groups in total. The summed E-state index contributed by atoms with van der Waals surface area (Å²) in [5.41, 5.74) is 23.1. The molecule has 7 aromatic carbocycles. The fraction of sp³-hybridized carbons (Fsp3) is 0.0638. The van der Waals surface area contributed by atoms with E-state index in [-0.39, 0.29) is 5.41 Å². The van der Waals surface area contributed by atoms with E-state index in [2.05, 4.69) is 169 Å². The molecule has 1 nitrogen and oxygen atoms in total. The van der Waals surface area contributed by atoms with Crippen LogP contribution in [0.5, 0.6) is 0 Å². The van der Waals surface area contributed by atoms with Crippen molar-refractivity contribution in [2.24, 2.45) is 0 Å². The summed E-state index contributed by atoms with van der Waals surface area (Å²) in [5, 5.41) is 7.77. The molecule has 8 aromatic rings. The van der Waals surface area contributed by atoms with E-state index in [1.807, 2.05) is 0 Å². The molecule has 0 atom stereocenters. The van der Waals surface area contributed by atoms with Gasteiger partial charge in [0.05, 0.1) is 11.0 Å². The van der Waals surface area contributed by atoms with Gasteiger partial charge in [-0.1, -0.05) is 110 Å². The molecule has 0 amide bonds. The molecule has 1 aromatic heterocycles. The standard InChI is InChI=1S/C47H29N/c1-47(2)42-16-7-5-12-35(42)40-24-30-27-45-41(25-29(30)26-43(40)47)36-13-6-8-17-44(36)48(45)31-20-18-28(19-21-31)32-22-23-39-34-11-4-3-10-33(34)38-15-9-14-37(32)46(38)39/h3-4,6,8-27H,1-2H3. The van der Waals surface area contributed by atoms with Crippen molar-refractivity contribution < 1.29 is 0 Å². The van der Waals surface area contributed by atoms with Gasteiger partial charge in [0.25, 0.3) is 0 Å². The van der Waals surface area contributed by atoms with Crippen LogP contribution in [0.1, 0.15) is 25.0 Å². The van der Waals surface area contributed by atoms with Crippen LogP contribution < -0.4 is 0 Å². The highest BCUT2D eigenvalue weighted by atomic mass is 15.0. The second-order valence-corrected chi connectivity index (χ2v) is 14.0. The van der Waals surface area contributed by atoms with Gasteiger partial charge in [0, 0.05) is 21.9 Å².